The molecule has 11 aliphatic rings. The molecule has 0 radical (unpaired) electrons. The molecule has 570 valence electrons. The van der Waals surface area contributed by atoms with Gasteiger partial charge in [-0.1, -0.05) is 19.9 Å². The summed E-state index contributed by atoms with van der Waals surface area (Å²) in [6.45, 7) is 2.29. The molecule has 2 bridgehead atoms. The summed E-state index contributed by atoms with van der Waals surface area (Å²) in [5.74, 6) is -1.44. The Labute approximate surface area is 566 Å². The Hall–Kier alpha value is -2.19. The van der Waals surface area contributed by atoms with Crippen LogP contribution in [0, 0.1) is 28.1 Å². The fourth-order valence-corrected chi connectivity index (χ4v) is 17.9. The second-order valence-electron chi connectivity index (χ2n) is 29.1. The van der Waals surface area contributed by atoms with Crippen LogP contribution in [-0.2, 0) is 71.1 Å². The van der Waals surface area contributed by atoms with Gasteiger partial charge >= 0.3 is 5.97 Å². The van der Waals surface area contributed by atoms with Crippen molar-refractivity contribution in [3.8, 4) is 0 Å². The largest absolute Gasteiger partial charge is 0.432 e. The quantitative estimate of drug-likeness (QED) is 0.0288. The molecule has 7 aliphatic heterocycles. The Bertz CT molecular complexity index is 2690. The van der Waals surface area contributed by atoms with Crippen LogP contribution >= 0.6 is 0 Å². The van der Waals surface area contributed by atoms with Crippen LogP contribution in [-0.4, -0.2) is 379 Å². The number of rotatable bonds is 21. The summed E-state index contributed by atoms with van der Waals surface area (Å²) in [6, 6.07) is 0. The van der Waals surface area contributed by atoms with Gasteiger partial charge in [0.25, 0.3) is 0 Å². The molecule has 37 nitrogen and oxygen atoms in total. The summed E-state index contributed by atoms with van der Waals surface area (Å²) >= 11 is 0. The molecule has 4 aliphatic carbocycles. The first-order valence-corrected chi connectivity index (χ1v) is 33.8. The van der Waals surface area contributed by atoms with Gasteiger partial charge in [-0.3, -0.25) is 4.79 Å². The SMILES string of the molecule is C=C1C[C@@]23CC[C@H]4[C@@](C)(CCC[C@@]4(C)C(=O)O[C@@H]4O[C@H](CO)C[C@H](O[C@@H]5O[C@H](CO)[C@@H](O)[C@H](O)[C@H]5O)[C@H]4O[C@@H]4O[C@H](CO)[C@@H](O)[C@H](O[C@@H]5O[C@H](CO)[C@@H](O)[C@H](O)[C@H]5O)[C@H]4O)[C@@H]2CC[C@]1(O[C@@H]1O[C@H](CO)[C@@H](O[C@@H]2O[C@H](CO)[C@@H](O)[C@H](O)[C@H]2O)[C@H](O)[C@H]1O[C@@H]1O[C@H](CO)[C@@H](O)[C@H](O)[C@H]1O)C3. The van der Waals surface area contributed by atoms with E-state index in [9.17, 15) is 112 Å². The van der Waals surface area contributed by atoms with Crippen LogP contribution in [0.3, 0.4) is 0 Å². The van der Waals surface area contributed by atoms with Gasteiger partial charge in [0.1, 0.15) is 153 Å². The number of aliphatic hydroxyl groups is 22. The van der Waals surface area contributed by atoms with Crippen molar-refractivity contribution < 1.29 is 183 Å². The molecule has 4 saturated carbocycles. The minimum absolute atomic E-state index is 0.164. The monoisotopic (exact) mass is 1440 g/mol. The van der Waals surface area contributed by atoms with E-state index in [0.29, 0.717) is 44.1 Å². The molecule has 0 aromatic carbocycles. The minimum atomic E-state index is -2.17. The van der Waals surface area contributed by atoms with Gasteiger partial charge in [0, 0.05) is 6.42 Å². The van der Waals surface area contributed by atoms with Crippen LogP contribution in [0.1, 0.15) is 78.1 Å². The number of hydrogen-bond donors (Lipinski definition) is 22. The molecule has 99 heavy (non-hydrogen) atoms. The lowest BCUT2D eigenvalue weighted by Crippen LogP contribution is -2.67. The Morgan fingerprint density at radius 2 is 0.838 bits per heavy atom. The first-order valence-electron chi connectivity index (χ1n) is 33.8. The van der Waals surface area contributed by atoms with E-state index in [1.807, 2.05) is 0 Å². The first-order chi connectivity index (χ1) is 46.9. The van der Waals surface area contributed by atoms with Gasteiger partial charge in [-0.25, -0.2) is 0 Å². The third kappa shape index (κ3) is 14.2. The molecular formula is C62H100O37. The summed E-state index contributed by atoms with van der Waals surface area (Å²) < 4.78 is 85.2. The van der Waals surface area contributed by atoms with Crippen molar-refractivity contribution >= 4 is 5.97 Å². The average Bonchev–Trinajstić information content (AvgIpc) is 1.59. The van der Waals surface area contributed by atoms with Gasteiger partial charge in [0.15, 0.2) is 37.7 Å². The summed E-state index contributed by atoms with van der Waals surface area (Å²) in [5, 5.41) is 237. The predicted molar refractivity (Wildman–Crippen MR) is 316 cm³/mol. The van der Waals surface area contributed by atoms with Gasteiger partial charge in [0.2, 0.25) is 6.29 Å². The first kappa shape index (κ1) is 77.9. The maximum Gasteiger partial charge on any atom is 0.314 e. The maximum absolute atomic E-state index is 15.6. The summed E-state index contributed by atoms with van der Waals surface area (Å²) in [6.07, 6.45) is -58.8. The van der Waals surface area contributed by atoms with E-state index in [1.54, 1.807) is 6.92 Å². The van der Waals surface area contributed by atoms with Gasteiger partial charge in [0.05, 0.1) is 69.5 Å². The highest BCUT2D eigenvalue weighted by Gasteiger charge is 2.70. The predicted octanol–water partition coefficient (Wildman–Crippen LogP) is -10.6. The maximum atomic E-state index is 15.6. The van der Waals surface area contributed by atoms with E-state index in [1.165, 1.54) is 0 Å². The van der Waals surface area contributed by atoms with Crippen molar-refractivity contribution in [1.29, 1.82) is 0 Å². The average molecular weight is 1440 g/mol. The molecule has 40 atom stereocenters. The zero-order chi connectivity index (χ0) is 71.9. The van der Waals surface area contributed by atoms with Gasteiger partial charge in [-0.05, 0) is 86.5 Å². The molecule has 22 N–H and O–H groups in total. The number of esters is 1. The molecule has 0 amide bonds. The van der Waals surface area contributed by atoms with E-state index in [4.69, 9.17) is 66.3 Å². The summed E-state index contributed by atoms with van der Waals surface area (Å²) in [7, 11) is 0. The molecule has 7 heterocycles. The van der Waals surface area contributed by atoms with E-state index in [2.05, 4.69) is 13.5 Å². The van der Waals surface area contributed by atoms with Crippen LogP contribution in [0.25, 0.3) is 0 Å². The highest BCUT2D eigenvalue weighted by atomic mass is 16.8. The van der Waals surface area contributed by atoms with E-state index < -0.39 is 289 Å². The second-order valence-corrected chi connectivity index (χ2v) is 29.1. The summed E-state index contributed by atoms with van der Waals surface area (Å²) in [5.41, 5.74) is -3.27. The Morgan fingerprint density at radius 3 is 1.32 bits per heavy atom. The molecule has 7 saturated heterocycles. The van der Waals surface area contributed by atoms with Gasteiger partial charge < -0.3 is 179 Å². The zero-order valence-corrected chi connectivity index (χ0v) is 54.5. The topological polar surface area (TPSA) is 591 Å². The number of hydrogen-bond acceptors (Lipinski definition) is 37. The lowest BCUT2D eigenvalue weighted by atomic mass is 9.41. The Balaban J connectivity index is 0.853. The van der Waals surface area contributed by atoms with E-state index >= 15 is 4.79 Å². The standard InChI is InChI=1S/C62H100O37/c1-21-12-61-9-5-30-59(2,31(61)6-10-62(21,20-61)99-57-50(97-54-44(82)40(78)35(73)27(17-67)91-54)45(83)47(29(19-69)93-57)94-52-42(80)38(76)33(71)25(15-65)89-52)7-4-8-60(30,3)58(85)98-56-48(23(11-22(13-63)86-56)87-51-41(79)37(75)32(70)24(14-64)88-51)95-55-46(84)49(36(74)28(18-68)92-55)96-53-43(81)39(77)34(72)26(16-66)90-53/h22-57,63-84H,1,4-20H2,2-3H3/t22-,23-,24+,25+,26+,27+,28+,29+,30-,31-,32+,33+,34+,35+,36+,37-,38-,39-,40-,41+,42+,43+,44+,45-,46+,47+,48+,49-,50+,51+,52-,53-,54-,55-,56-,57-,59+,60+,61+,62-/m0/s1. The smallest absolute Gasteiger partial charge is 0.314 e. The number of ether oxygens (including phenoxy) is 14. The third-order valence-corrected chi connectivity index (χ3v) is 23.3. The molecule has 0 aromatic heterocycles. The molecule has 37 heteroatoms. The number of fused-ring (bicyclic) bond motifs is 3. The van der Waals surface area contributed by atoms with Gasteiger partial charge in [-0.2, -0.15) is 0 Å². The third-order valence-electron chi connectivity index (χ3n) is 23.3. The number of carbonyl (C=O) groups is 1. The summed E-state index contributed by atoms with van der Waals surface area (Å²) in [4.78, 5) is 15.6. The fraction of sp³-hybridized carbons (Fsp3) is 0.952. The fourth-order valence-electron chi connectivity index (χ4n) is 17.9. The van der Waals surface area contributed by atoms with Crippen LogP contribution in [0.4, 0.5) is 0 Å². The molecule has 0 aromatic rings. The van der Waals surface area contributed by atoms with E-state index in [-0.39, 0.29) is 31.6 Å². The highest BCUT2D eigenvalue weighted by molar-refractivity contribution is 5.77. The Morgan fingerprint density at radius 1 is 0.414 bits per heavy atom. The molecular weight excluding hydrogens is 1340 g/mol. The minimum Gasteiger partial charge on any atom is -0.432 e. The molecule has 1 spiro atoms. The lowest BCUT2D eigenvalue weighted by Gasteiger charge is -2.64. The van der Waals surface area contributed by atoms with Crippen molar-refractivity contribution in [2.24, 2.45) is 28.1 Å². The van der Waals surface area contributed by atoms with Crippen molar-refractivity contribution in [1.82, 2.24) is 0 Å². The highest BCUT2D eigenvalue weighted by Crippen LogP contribution is 2.74. The zero-order valence-electron chi connectivity index (χ0n) is 54.5. The lowest BCUT2D eigenvalue weighted by molar-refractivity contribution is -0.395. The number of aliphatic hydroxyl groups excluding tert-OH is 22. The normalized spacial score (nSPS) is 54.1. The van der Waals surface area contributed by atoms with Gasteiger partial charge in [-0.15, -0.1) is 0 Å². The molecule has 0 unspecified atom stereocenters. The van der Waals surface area contributed by atoms with Crippen molar-refractivity contribution in [3.63, 3.8) is 0 Å². The Kier molecular flexibility index (Phi) is 24.4. The second kappa shape index (κ2) is 31.0. The van der Waals surface area contributed by atoms with Crippen LogP contribution in [0.15, 0.2) is 12.2 Å². The van der Waals surface area contributed by atoms with Crippen molar-refractivity contribution in [2.75, 3.05) is 46.2 Å². The molecule has 11 fully saturated rings. The number of carbonyl (C=O) groups excluding carboxylic acids is 1. The van der Waals surface area contributed by atoms with Crippen LogP contribution in [0.5, 0.6) is 0 Å². The van der Waals surface area contributed by atoms with E-state index in [0.717, 1.165) is 0 Å². The molecule has 11 rings (SSSR count). The van der Waals surface area contributed by atoms with Crippen molar-refractivity contribution in [2.45, 2.75) is 292 Å². The van der Waals surface area contributed by atoms with Crippen LogP contribution in [0.2, 0.25) is 0 Å². The van der Waals surface area contributed by atoms with Crippen LogP contribution < -0.4 is 0 Å². The van der Waals surface area contributed by atoms with Crippen molar-refractivity contribution in [3.05, 3.63) is 12.2 Å².